The summed E-state index contributed by atoms with van der Waals surface area (Å²) in [6.07, 6.45) is 0.218. The Labute approximate surface area is 161 Å². The van der Waals surface area contributed by atoms with Gasteiger partial charge in [-0.1, -0.05) is 6.92 Å². The Bertz CT molecular complexity index is 1080. The third kappa shape index (κ3) is 4.36. The van der Waals surface area contributed by atoms with Gasteiger partial charge in [-0.15, -0.1) is 0 Å². The molecule has 0 aromatic carbocycles. The largest absolute Gasteiger partial charge is 0.426 e. The van der Waals surface area contributed by atoms with Crippen LogP contribution in [0.4, 0.5) is 23.4 Å². The number of nitrogens with zero attached hydrogens (tertiary/aromatic N) is 5. The Morgan fingerprint density at radius 2 is 2.07 bits per heavy atom. The summed E-state index contributed by atoms with van der Waals surface area (Å²) in [7, 11) is 0. The van der Waals surface area contributed by atoms with Gasteiger partial charge in [0.05, 0.1) is 6.20 Å². The fourth-order valence-corrected chi connectivity index (χ4v) is 2.46. The van der Waals surface area contributed by atoms with Crippen LogP contribution in [0.5, 0.6) is 0 Å². The summed E-state index contributed by atoms with van der Waals surface area (Å²) in [5, 5.41) is 3.15. The highest BCUT2D eigenvalue weighted by molar-refractivity contribution is 5.95. The summed E-state index contributed by atoms with van der Waals surface area (Å²) in [6, 6.07) is 0. The molecule has 3 aromatic heterocycles. The number of fused-ring (bicyclic) bond motifs is 1. The predicted octanol–water partition coefficient (Wildman–Crippen LogP) is 3.29. The third-order valence-electron chi connectivity index (χ3n) is 4.24. The van der Waals surface area contributed by atoms with Crippen LogP contribution in [0.25, 0.3) is 22.4 Å². The quantitative estimate of drug-likeness (QED) is 0.494. The topological polar surface area (TPSA) is 109 Å². The minimum absolute atomic E-state index is 0.0285. The zero-order valence-electron chi connectivity index (χ0n) is 15.3. The van der Waals surface area contributed by atoms with Gasteiger partial charge in [0.15, 0.2) is 17.5 Å². The minimum atomic E-state index is -4.74. The second-order valence-corrected chi connectivity index (χ2v) is 6.29. The van der Waals surface area contributed by atoms with Gasteiger partial charge in [-0.25, -0.2) is 29.3 Å². The van der Waals surface area contributed by atoms with Crippen molar-refractivity contribution >= 4 is 29.0 Å². The maximum Gasteiger partial charge on any atom is 0.426 e. The molecule has 0 radical (unpaired) electrons. The Kier molecular flexibility index (Phi) is 5.27. The number of H-pyrrole nitrogens is 1. The van der Waals surface area contributed by atoms with E-state index in [9.17, 15) is 22.4 Å². The van der Waals surface area contributed by atoms with E-state index in [0.29, 0.717) is 16.6 Å². The number of hydrogen-bond donors (Lipinski definition) is 2. The van der Waals surface area contributed by atoms with Crippen molar-refractivity contribution in [1.82, 2.24) is 24.9 Å². The summed E-state index contributed by atoms with van der Waals surface area (Å²) in [6.45, 7) is 2.86. The van der Waals surface area contributed by atoms with Crippen molar-refractivity contribution in [3.8, 4) is 11.4 Å². The average Bonchev–Trinajstić information content (AvgIpc) is 3.11. The van der Waals surface area contributed by atoms with E-state index in [0.717, 1.165) is 6.20 Å². The molecule has 8 nitrogen and oxygen atoms in total. The summed E-state index contributed by atoms with van der Waals surface area (Å²) in [4.78, 5) is 34.0. The van der Waals surface area contributed by atoms with Crippen molar-refractivity contribution in [3.63, 3.8) is 0 Å². The lowest BCUT2D eigenvalue weighted by atomic mass is 9.98. The van der Waals surface area contributed by atoms with E-state index in [4.69, 9.17) is 0 Å². The molecule has 1 atom stereocenters. The van der Waals surface area contributed by atoms with Gasteiger partial charge in [0.25, 0.3) is 5.91 Å². The third-order valence-corrected chi connectivity index (χ3v) is 4.24. The molecule has 0 aliphatic rings. The van der Waals surface area contributed by atoms with E-state index >= 15 is 0 Å². The smallest absolute Gasteiger partial charge is 0.354 e. The van der Waals surface area contributed by atoms with Crippen LogP contribution in [-0.4, -0.2) is 48.8 Å². The molecule has 0 saturated heterocycles. The van der Waals surface area contributed by atoms with E-state index < -0.39 is 29.7 Å². The second-order valence-electron chi connectivity index (χ2n) is 6.29. The number of nitrogens with one attached hydrogen (secondary N) is 2. The molecule has 0 aliphatic heterocycles. The SMILES string of the molecule is CC[C@@](C)(Nc1nc(-c2c[nH]c3ncncc23)ncc1F)C(=O)/N=C/C(F)(F)F. The molecular weight excluding hydrogens is 394 g/mol. The molecule has 3 aromatic rings. The number of halogens is 4. The molecular formula is C17H15F4N7O. The van der Waals surface area contributed by atoms with Crippen LogP contribution in [0.15, 0.2) is 29.9 Å². The molecule has 3 heterocycles. The standard InChI is InChI=1S/C17H15F4N7O/c1-3-16(2,15(29)25-7-17(19,20)21)28-14-11(18)6-24-13(27-14)10-5-23-12-9(10)4-22-8-26-12/h4-8H,3H2,1-2H3,(H,22,23,26)(H,24,27,28)/b25-7+/t16-/m1/s1. The number of amides is 1. The number of aromatic amines is 1. The summed E-state index contributed by atoms with van der Waals surface area (Å²) >= 11 is 0. The number of anilines is 1. The summed E-state index contributed by atoms with van der Waals surface area (Å²) in [5.74, 6) is -2.23. The van der Waals surface area contributed by atoms with Crippen LogP contribution in [0.2, 0.25) is 0 Å². The first kappa shape index (κ1) is 20.3. The lowest BCUT2D eigenvalue weighted by Gasteiger charge is -2.26. The lowest BCUT2D eigenvalue weighted by Crippen LogP contribution is -2.43. The Morgan fingerprint density at radius 3 is 2.76 bits per heavy atom. The van der Waals surface area contributed by atoms with Gasteiger partial charge in [0.1, 0.15) is 23.7 Å². The molecule has 3 rings (SSSR count). The highest BCUT2D eigenvalue weighted by atomic mass is 19.4. The van der Waals surface area contributed by atoms with Gasteiger partial charge in [-0.3, -0.25) is 4.79 Å². The molecule has 152 valence electrons. The first-order chi connectivity index (χ1) is 13.6. The van der Waals surface area contributed by atoms with Crippen LogP contribution < -0.4 is 5.32 Å². The Morgan fingerprint density at radius 1 is 1.31 bits per heavy atom. The maximum atomic E-state index is 14.3. The number of carbonyl (C=O) groups excluding carboxylic acids is 1. The second kappa shape index (κ2) is 7.53. The molecule has 29 heavy (non-hydrogen) atoms. The van der Waals surface area contributed by atoms with Crippen molar-refractivity contribution in [2.45, 2.75) is 32.0 Å². The fraction of sp³-hybridized carbons (Fsp3) is 0.294. The minimum Gasteiger partial charge on any atom is -0.354 e. The van der Waals surface area contributed by atoms with Crippen LogP contribution >= 0.6 is 0 Å². The van der Waals surface area contributed by atoms with Crippen LogP contribution in [-0.2, 0) is 4.79 Å². The molecule has 0 unspecified atom stereocenters. The molecule has 0 fully saturated rings. The number of carbonyl (C=O) groups is 1. The van der Waals surface area contributed by atoms with Crippen molar-refractivity contribution in [1.29, 1.82) is 0 Å². The number of hydrogen-bond acceptors (Lipinski definition) is 6. The van der Waals surface area contributed by atoms with Gasteiger partial charge in [-0.2, -0.15) is 13.2 Å². The van der Waals surface area contributed by atoms with Gasteiger partial charge >= 0.3 is 6.18 Å². The molecule has 0 spiro atoms. The van der Waals surface area contributed by atoms with Gasteiger partial charge in [0.2, 0.25) is 0 Å². The highest BCUT2D eigenvalue weighted by Crippen LogP contribution is 2.27. The van der Waals surface area contributed by atoms with E-state index in [-0.39, 0.29) is 18.1 Å². The zero-order chi connectivity index (χ0) is 21.2. The van der Waals surface area contributed by atoms with Crippen molar-refractivity contribution in [3.05, 3.63) is 30.7 Å². The van der Waals surface area contributed by atoms with E-state index in [1.807, 2.05) is 0 Å². The van der Waals surface area contributed by atoms with Crippen LogP contribution in [0.1, 0.15) is 20.3 Å². The van der Waals surface area contributed by atoms with Crippen molar-refractivity contribution < 1.29 is 22.4 Å². The number of alkyl halides is 3. The van der Waals surface area contributed by atoms with Crippen molar-refractivity contribution in [2.24, 2.45) is 4.99 Å². The maximum absolute atomic E-state index is 14.3. The van der Waals surface area contributed by atoms with E-state index in [1.54, 1.807) is 13.1 Å². The number of aliphatic imine (C=N–C) groups is 1. The van der Waals surface area contributed by atoms with E-state index in [2.05, 4.69) is 35.2 Å². The van der Waals surface area contributed by atoms with E-state index in [1.165, 1.54) is 19.4 Å². The van der Waals surface area contributed by atoms with Gasteiger partial charge < -0.3 is 10.3 Å². The van der Waals surface area contributed by atoms with Gasteiger partial charge in [-0.05, 0) is 13.3 Å². The first-order valence-electron chi connectivity index (χ1n) is 8.37. The molecule has 0 saturated carbocycles. The Hall–Kier alpha value is -3.44. The average molecular weight is 409 g/mol. The first-order valence-corrected chi connectivity index (χ1v) is 8.37. The molecule has 2 N–H and O–H groups in total. The molecule has 0 bridgehead atoms. The monoisotopic (exact) mass is 409 g/mol. The van der Waals surface area contributed by atoms with Crippen molar-refractivity contribution in [2.75, 3.05) is 5.32 Å². The zero-order valence-corrected chi connectivity index (χ0v) is 15.3. The molecule has 1 amide bonds. The number of rotatable bonds is 5. The fourth-order valence-electron chi connectivity index (χ4n) is 2.46. The summed E-state index contributed by atoms with van der Waals surface area (Å²) in [5.41, 5.74) is -0.604. The predicted molar refractivity (Wildman–Crippen MR) is 96.7 cm³/mol. The van der Waals surface area contributed by atoms with Gasteiger partial charge in [0, 0.05) is 23.3 Å². The highest BCUT2D eigenvalue weighted by Gasteiger charge is 2.34. The number of aromatic nitrogens is 5. The molecule has 12 heteroatoms. The van der Waals surface area contributed by atoms with Crippen LogP contribution in [0.3, 0.4) is 0 Å². The normalized spacial score (nSPS) is 14.3. The molecule has 0 aliphatic carbocycles. The summed E-state index contributed by atoms with van der Waals surface area (Å²) < 4.78 is 51.2. The Balaban J connectivity index is 1.95. The van der Waals surface area contributed by atoms with Crippen LogP contribution in [0, 0.1) is 5.82 Å². The lowest BCUT2D eigenvalue weighted by molar-refractivity contribution is -0.122.